The van der Waals surface area contributed by atoms with Gasteiger partial charge in [-0.1, -0.05) is 29.0 Å². The van der Waals surface area contributed by atoms with Gasteiger partial charge in [-0.3, -0.25) is 10.1 Å². The van der Waals surface area contributed by atoms with Gasteiger partial charge in [0.15, 0.2) is 5.13 Å². The van der Waals surface area contributed by atoms with Crippen molar-refractivity contribution in [2.45, 2.75) is 6.92 Å². The van der Waals surface area contributed by atoms with Gasteiger partial charge in [-0.2, -0.15) is 0 Å². The fraction of sp³-hybridized carbons (Fsp3) is 0.0667. The maximum Gasteiger partial charge on any atom is 0.257 e. The van der Waals surface area contributed by atoms with E-state index in [0.29, 0.717) is 15.7 Å². The lowest BCUT2D eigenvalue weighted by Gasteiger charge is -2.01. The number of rotatable bonds is 2. The molecule has 3 aromatic rings. The summed E-state index contributed by atoms with van der Waals surface area (Å²) in [5, 5.41) is 4.02. The van der Waals surface area contributed by atoms with Gasteiger partial charge in [-0.25, -0.2) is 4.98 Å². The van der Waals surface area contributed by atoms with Crippen LogP contribution in [0, 0.1) is 6.92 Å². The number of anilines is 1. The average molecular weight is 303 g/mol. The SMILES string of the molecule is Cc1ccc2nc(NC(=O)c3ccc(Cl)cc3)sc2c1. The number of aromatic nitrogens is 1. The van der Waals surface area contributed by atoms with E-state index in [1.807, 2.05) is 19.1 Å². The van der Waals surface area contributed by atoms with Crippen LogP contribution in [-0.2, 0) is 0 Å². The van der Waals surface area contributed by atoms with Crippen molar-refractivity contribution < 1.29 is 4.79 Å². The molecule has 1 N–H and O–H groups in total. The fourth-order valence-corrected chi connectivity index (χ4v) is 2.94. The minimum Gasteiger partial charge on any atom is -0.298 e. The molecule has 1 aromatic heterocycles. The largest absolute Gasteiger partial charge is 0.298 e. The van der Waals surface area contributed by atoms with E-state index in [0.717, 1.165) is 10.2 Å². The molecule has 0 atom stereocenters. The van der Waals surface area contributed by atoms with E-state index in [4.69, 9.17) is 11.6 Å². The zero-order valence-corrected chi connectivity index (χ0v) is 12.3. The molecule has 0 bridgehead atoms. The van der Waals surface area contributed by atoms with Crippen molar-refractivity contribution in [2.24, 2.45) is 0 Å². The van der Waals surface area contributed by atoms with Crippen molar-refractivity contribution in [1.82, 2.24) is 4.98 Å². The average Bonchev–Trinajstić information content (AvgIpc) is 2.80. The number of hydrogen-bond acceptors (Lipinski definition) is 3. The highest BCUT2D eigenvalue weighted by molar-refractivity contribution is 7.22. The van der Waals surface area contributed by atoms with Crippen LogP contribution in [0.25, 0.3) is 10.2 Å². The summed E-state index contributed by atoms with van der Waals surface area (Å²) in [5.41, 5.74) is 2.63. The quantitative estimate of drug-likeness (QED) is 0.756. The minimum atomic E-state index is -0.183. The Kier molecular flexibility index (Phi) is 3.42. The number of carbonyl (C=O) groups excluding carboxylic acids is 1. The predicted molar refractivity (Wildman–Crippen MR) is 83.8 cm³/mol. The van der Waals surface area contributed by atoms with E-state index in [1.165, 1.54) is 16.9 Å². The van der Waals surface area contributed by atoms with E-state index in [9.17, 15) is 4.79 Å². The number of halogens is 1. The second kappa shape index (κ2) is 5.23. The van der Waals surface area contributed by atoms with Crippen LogP contribution in [0.2, 0.25) is 5.02 Å². The van der Waals surface area contributed by atoms with Crippen molar-refractivity contribution in [3.05, 3.63) is 58.6 Å². The summed E-state index contributed by atoms with van der Waals surface area (Å²) in [6.07, 6.45) is 0. The number of carbonyl (C=O) groups is 1. The monoisotopic (exact) mass is 302 g/mol. The Morgan fingerprint density at radius 2 is 1.95 bits per heavy atom. The van der Waals surface area contributed by atoms with Crippen molar-refractivity contribution in [3.63, 3.8) is 0 Å². The molecule has 0 spiro atoms. The normalized spacial score (nSPS) is 10.7. The first-order chi connectivity index (χ1) is 9.61. The number of aryl methyl sites for hydroxylation is 1. The zero-order valence-electron chi connectivity index (χ0n) is 10.7. The number of nitrogens with one attached hydrogen (secondary N) is 1. The molecule has 1 heterocycles. The lowest BCUT2D eigenvalue weighted by molar-refractivity contribution is 0.102. The van der Waals surface area contributed by atoms with Crippen LogP contribution in [0.3, 0.4) is 0 Å². The lowest BCUT2D eigenvalue weighted by Crippen LogP contribution is -2.11. The maximum atomic E-state index is 12.1. The molecule has 0 aliphatic carbocycles. The smallest absolute Gasteiger partial charge is 0.257 e. The Balaban J connectivity index is 1.85. The molecule has 2 aromatic carbocycles. The third-order valence-corrected chi connectivity index (χ3v) is 4.06. The molecule has 0 unspecified atom stereocenters. The second-order valence-electron chi connectivity index (χ2n) is 4.45. The van der Waals surface area contributed by atoms with Gasteiger partial charge in [0.05, 0.1) is 10.2 Å². The molecular weight excluding hydrogens is 292 g/mol. The van der Waals surface area contributed by atoms with Gasteiger partial charge < -0.3 is 0 Å². The first kappa shape index (κ1) is 13.1. The molecule has 5 heteroatoms. The maximum absolute atomic E-state index is 12.1. The highest BCUT2D eigenvalue weighted by Gasteiger charge is 2.09. The second-order valence-corrected chi connectivity index (χ2v) is 5.92. The van der Waals surface area contributed by atoms with Gasteiger partial charge in [0.25, 0.3) is 5.91 Å². The van der Waals surface area contributed by atoms with E-state index in [1.54, 1.807) is 24.3 Å². The van der Waals surface area contributed by atoms with Crippen LogP contribution in [0.15, 0.2) is 42.5 Å². The number of nitrogens with zero attached hydrogens (tertiary/aromatic N) is 1. The Morgan fingerprint density at radius 3 is 2.70 bits per heavy atom. The van der Waals surface area contributed by atoms with Crippen molar-refractivity contribution in [1.29, 1.82) is 0 Å². The first-order valence-corrected chi connectivity index (χ1v) is 7.25. The van der Waals surface area contributed by atoms with Crippen molar-refractivity contribution in [2.75, 3.05) is 5.32 Å². The first-order valence-electron chi connectivity index (χ1n) is 6.06. The van der Waals surface area contributed by atoms with Crippen LogP contribution in [-0.4, -0.2) is 10.9 Å². The van der Waals surface area contributed by atoms with Crippen molar-refractivity contribution in [3.8, 4) is 0 Å². The zero-order chi connectivity index (χ0) is 14.1. The summed E-state index contributed by atoms with van der Waals surface area (Å²) in [4.78, 5) is 16.5. The summed E-state index contributed by atoms with van der Waals surface area (Å²) in [5.74, 6) is -0.183. The molecule has 0 aliphatic heterocycles. The Morgan fingerprint density at radius 1 is 1.20 bits per heavy atom. The summed E-state index contributed by atoms with van der Waals surface area (Å²) in [6.45, 7) is 2.03. The molecule has 0 saturated heterocycles. The van der Waals surface area contributed by atoms with Crippen LogP contribution >= 0.6 is 22.9 Å². The molecule has 3 rings (SSSR count). The number of fused-ring (bicyclic) bond motifs is 1. The topological polar surface area (TPSA) is 42.0 Å². The number of hydrogen-bond donors (Lipinski definition) is 1. The number of amides is 1. The lowest BCUT2D eigenvalue weighted by atomic mass is 10.2. The number of thiazole rings is 1. The van der Waals surface area contributed by atoms with E-state index in [2.05, 4.69) is 16.4 Å². The van der Waals surface area contributed by atoms with Crippen LogP contribution in [0.1, 0.15) is 15.9 Å². The van der Waals surface area contributed by atoms with Crippen LogP contribution < -0.4 is 5.32 Å². The van der Waals surface area contributed by atoms with E-state index >= 15 is 0 Å². The Hall–Kier alpha value is -1.91. The molecule has 20 heavy (non-hydrogen) atoms. The standard InChI is InChI=1S/C15H11ClN2OS/c1-9-2-7-12-13(8-9)20-15(17-12)18-14(19)10-3-5-11(16)6-4-10/h2-8H,1H3,(H,17,18,19). The summed E-state index contributed by atoms with van der Waals surface area (Å²) in [7, 11) is 0. The molecule has 3 nitrogen and oxygen atoms in total. The van der Waals surface area contributed by atoms with Gasteiger partial charge in [0.2, 0.25) is 0 Å². The minimum absolute atomic E-state index is 0.183. The molecule has 0 radical (unpaired) electrons. The molecular formula is C15H11ClN2OS. The molecule has 0 saturated carbocycles. The van der Waals surface area contributed by atoms with Gasteiger partial charge in [0, 0.05) is 10.6 Å². The molecule has 0 aliphatic rings. The summed E-state index contributed by atoms with van der Waals surface area (Å²) >= 11 is 7.27. The van der Waals surface area contributed by atoms with Gasteiger partial charge >= 0.3 is 0 Å². The summed E-state index contributed by atoms with van der Waals surface area (Å²) in [6, 6.07) is 12.8. The van der Waals surface area contributed by atoms with Gasteiger partial charge in [-0.05, 0) is 48.9 Å². The molecule has 100 valence electrons. The predicted octanol–water partition coefficient (Wildman–Crippen LogP) is 4.51. The van der Waals surface area contributed by atoms with Crippen LogP contribution in [0.4, 0.5) is 5.13 Å². The Labute approximate surface area is 125 Å². The third kappa shape index (κ3) is 2.66. The fourth-order valence-electron chi connectivity index (χ4n) is 1.86. The summed E-state index contributed by atoms with van der Waals surface area (Å²) < 4.78 is 1.07. The van der Waals surface area contributed by atoms with Gasteiger partial charge in [-0.15, -0.1) is 0 Å². The molecule has 1 amide bonds. The highest BCUT2D eigenvalue weighted by Crippen LogP contribution is 2.27. The third-order valence-electron chi connectivity index (χ3n) is 2.87. The van der Waals surface area contributed by atoms with Gasteiger partial charge in [0.1, 0.15) is 0 Å². The molecule has 0 fully saturated rings. The number of benzene rings is 2. The van der Waals surface area contributed by atoms with E-state index < -0.39 is 0 Å². The van der Waals surface area contributed by atoms with E-state index in [-0.39, 0.29) is 5.91 Å². The van der Waals surface area contributed by atoms with Crippen LogP contribution in [0.5, 0.6) is 0 Å². The highest BCUT2D eigenvalue weighted by atomic mass is 35.5. The Bertz CT molecular complexity index is 780. The van der Waals surface area contributed by atoms with Crippen molar-refractivity contribution >= 4 is 44.2 Å².